The average molecular weight is 395 g/mol. The van der Waals surface area contributed by atoms with E-state index in [4.69, 9.17) is 13.9 Å². The summed E-state index contributed by atoms with van der Waals surface area (Å²) in [4.78, 5) is 16.9. The van der Waals surface area contributed by atoms with Crippen molar-refractivity contribution in [2.45, 2.75) is 0 Å². The molecule has 0 unspecified atom stereocenters. The lowest BCUT2D eigenvalue weighted by molar-refractivity contribution is 0.0970. The maximum Gasteiger partial charge on any atom is 0.315 e. The number of halogens is 1. The van der Waals surface area contributed by atoms with E-state index < -0.39 is 5.91 Å². The number of thiazole rings is 1. The fourth-order valence-corrected chi connectivity index (χ4v) is 3.68. The monoisotopic (exact) mass is 394 g/mol. The van der Waals surface area contributed by atoms with Gasteiger partial charge in [0.15, 0.2) is 26.7 Å². The SMILES string of the molecule is Cn1c(=NC(=O)c2ccc(Br)o2)sc2cc3c(cc21)OCCO3. The third-order valence-electron chi connectivity index (χ3n) is 3.45. The van der Waals surface area contributed by atoms with Crippen LogP contribution in [-0.4, -0.2) is 23.7 Å². The Morgan fingerprint density at radius 2 is 2.00 bits per heavy atom. The summed E-state index contributed by atoms with van der Waals surface area (Å²) in [5.41, 5.74) is 0.937. The molecule has 3 aromatic rings. The predicted molar refractivity (Wildman–Crippen MR) is 88.1 cm³/mol. The number of ether oxygens (including phenoxy) is 2. The van der Waals surface area contributed by atoms with E-state index in [0.717, 1.165) is 16.0 Å². The van der Waals surface area contributed by atoms with Crippen LogP contribution in [0.4, 0.5) is 0 Å². The van der Waals surface area contributed by atoms with Gasteiger partial charge in [-0.25, -0.2) is 0 Å². The molecule has 0 atom stereocenters. The molecule has 2 aromatic heterocycles. The Labute approximate surface area is 143 Å². The molecule has 1 aliphatic heterocycles. The van der Waals surface area contributed by atoms with E-state index in [1.807, 2.05) is 23.7 Å². The summed E-state index contributed by atoms with van der Waals surface area (Å²) in [5, 5.41) is 0. The zero-order chi connectivity index (χ0) is 16.0. The number of rotatable bonds is 1. The number of aromatic nitrogens is 1. The van der Waals surface area contributed by atoms with Gasteiger partial charge < -0.3 is 18.5 Å². The van der Waals surface area contributed by atoms with E-state index in [-0.39, 0.29) is 5.76 Å². The van der Waals surface area contributed by atoms with E-state index in [9.17, 15) is 4.79 Å². The lowest BCUT2D eigenvalue weighted by atomic mass is 10.3. The van der Waals surface area contributed by atoms with Crippen molar-refractivity contribution in [2.75, 3.05) is 13.2 Å². The molecule has 1 amide bonds. The second-order valence-corrected chi connectivity index (χ2v) is 6.72. The van der Waals surface area contributed by atoms with E-state index in [0.29, 0.717) is 28.4 Å². The van der Waals surface area contributed by atoms with Crippen molar-refractivity contribution in [1.82, 2.24) is 4.57 Å². The van der Waals surface area contributed by atoms with Crippen LogP contribution >= 0.6 is 27.3 Å². The summed E-state index contributed by atoms with van der Waals surface area (Å²) < 4.78 is 19.8. The van der Waals surface area contributed by atoms with Gasteiger partial charge in [0, 0.05) is 19.2 Å². The van der Waals surface area contributed by atoms with Gasteiger partial charge in [-0.1, -0.05) is 11.3 Å². The highest BCUT2D eigenvalue weighted by Gasteiger charge is 2.16. The smallest absolute Gasteiger partial charge is 0.315 e. The summed E-state index contributed by atoms with van der Waals surface area (Å²) in [6, 6.07) is 7.08. The van der Waals surface area contributed by atoms with Crippen LogP contribution in [0.25, 0.3) is 10.2 Å². The van der Waals surface area contributed by atoms with Crippen molar-refractivity contribution in [3.8, 4) is 11.5 Å². The topological polar surface area (TPSA) is 66.0 Å². The first kappa shape index (κ1) is 14.5. The van der Waals surface area contributed by atoms with Crippen molar-refractivity contribution < 1.29 is 18.7 Å². The molecule has 0 fully saturated rings. The number of aryl methyl sites for hydroxylation is 1. The molecule has 8 heteroatoms. The highest BCUT2D eigenvalue weighted by atomic mass is 79.9. The first-order valence-electron chi connectivity index (χ1n) is 6.85. The predicted octanol–water partition coefficient (Wildman–Crippen LogP) is 3.11. The quantitative estimate of drug-likeness (QED) is 0.635. The largest absolute Gasteiger partial charge is 0.486 e. The van der Waals surface area contributed by atoms with Gasteiger partial charge in [-0.15, -0.1) is 0 Å². The third-order valence-corrected chi connectivity index (χ3v) is 4.98. The molecule has 4 rings (SSSR count). The molecule has 0 radical (unpaired) electrons. The number of furan rings is 1. The molecular formula is C15H11BrN2O4S. The number of fused-ring (bicyclic) bond motifs is 2. The van der Waals surface area contributed by atoms with Crippen LogP contribution in [0.1, 0.15) is 10.6 Å². The van der Waals surface area contributed by atoms with Gasteiger partial charge >= 0.3 is 5.91 Å². The minimum absolute atomic E-state index is 0.195. The number of carbonyl (C=O) groups excluding carboxylic acids is 1. The number of benzene rings is 1. The van der Waals surface area contributed by atoms with Crippen molar-refractivity contribution in [1.29, 1.82) is 0 Å². The molecule has 0 spiro atoms. The maximum absolute atomic E-state index is 12.2. The number of hydrogen-bond acceptors (Lipinski definition) is 5. The number of nitrogens with zero attached hydrogens (tertiary/aromatic N) is 2. The van der Waals surface area contributed by atoms with Crippen LogP contribution in [0.5, 0.6) is 11.5 Å². The van der Waals surface area contributed by atoms with Crippen molar-refractivity contribution in [2.24, 2.45) is 12.0 Å². The van der Waals surface area contributed by atoms with Gasteiger partial charge in [-0.05, 0) is 28.1 Å². The van der Waals surface area contributed by atoms with E-state index in [1.165, 1.54) is 11.3 Å². The number of hydrogen-bond donors (Lipinski definition) is 0. The van der Waals surface area contributed by atoms with Gasteiger partial charge in [-0.2, -0.15) is 4.99 Å². The molecule has 0 saturated carbocycles. The van der Waals surface area contributed by atoms with Crippen molar-refractivity contribution in [3.05, 3.63) is 39.5 Å². The number of amides is 1. The molecule has 1 aliphatic rings. The average Bonchev–Trinajstić information content (AvgIpc) is 3.10. The molecule has 3 heterocycles. The van der Waals surface area contributed by atoms with Gasteiger partial charge in [0.05, 0.1) is 10.2 Å². The molecule has 0 N–H and O–H groups in total. The van der Waals surface area contributed by atoms with E-state index in [1.54, 1.807) is 12.1 Å². The first-order valence-corrected chi connectivity index (χ1v) is 8.46. The van der Waals surface area contributed by atoms with Crippen LogP contribution in [0, 0.1) is 0 Å². The molecular weight excluding hydrogens is 384 g/mol. The van der Waals surface area contributed by atoms with Crippen LogP contribution < -0.4 is 14.3 Å². The van der Waals surface area contributed by atoms with Gasteiger partial charge in [0.1, 0.15) is 13.2 Å². The van der Waals surface area contributed by atoms with Gasteiger partial charge in [0.2, 0.25) is 0 Å². The second-order valence-electron chi connectivity index (χ2n) is 4.93. The molecule has 1 aromatic carbocycles. The lowest BCUT2D eigenvalue weighted by Gasteiger charge is -2.18. The standard InChI is InChI=1S/C15H11BrN2O4S/c1-18-8-6-10-11(21-5-4-20-10)7-12(8)23-15(18)17-14(19)9-2-3-13(16)22-9/h2-3,6-7H,4-5H2,1H3. The minimum atomic E-state index is -0.421. The summed E-state index contributed by atoms with van der Waals surface area (Å²) >= 11 is 4.59. The minimum Gasteiger partial charge on any atom is -0.486 e. The summed E-state index contributed by atoms with van der Waals surface area (Å²) in [6.07, 6.45) is 0. The number of carbonyl (C=O) groups is 1. The highest BCUT2D eigenvalue weighted by molar-refractivity contribution is 9.10. The third kappa shape index (κ3) is 2.57. The van der Waals surface area contributed by atoms with E-state index >= 15 is 0 Å². The zero-order valence-electron chi connectivity index (χ0n) is 12.0. The molecule has 6 nitrogen and oxygen atoms in total. The molecule has 23 heavy (non-hydrogen) atoms. The second kappa shape index (κ2) is 5.54. The fourth-order valence-electron chi connectivity index (χ4n) is 2.34. The fraction of sp³-hybridized carbons (Fsp3) is 0.200. The summed E-state index contributed by atoms with van der Waals surface area (Å²) in [5.74, 6) is 1.21. The first-order chi connectivity index (χ1) is 11.1. The van der Waals surface area contributed by atoms with Crippen LogP contribution in [0.3, 0.4) is 0 Å². The Kier molecular flexibility index (Phi) is 3.50. The van der Waals surface area contributed by atoms with Crippen molar-refractivity contribution >= 4 is 43.4 Å². The Morgan fingerprint density at radius 1 is 1.26 bits per heavy atom. The Bertz CT molecular complexity index is 985. The Balaban J connectivity index is 1.82. The maximum atomic E-state index is 12.2. The lowest BCUT2D eigenvalue weighted by Crippen LogP contribution is -2.15. The zero-order valence-corrected chi connectivity index (χ0v) is 14.4. The normalized spacial score (nSPS) is 14.4. The molecule has 0 bridgehead atoms. The van der Waals surface area contributed by atoms with Gasteiger partial charge in [-0.3, -0.25) is 4.79 Å². The van der Waals surface area contributed by atoms with Crippen LogP contribution in [-0.2, 0) is 7.05 Å². The summed E-state index contributed by atoms with van der Waals surface area (Å²) in [7, 11) is 1.86. The van der Waals surface area contributed by atoms with Gasteiger partial charge in [0.25, 0.3) is 0 Å². The summed E-state index contributed by atoms with van der Waals surface area (Å²) in [6.45, 7) is 1.08. The van der Waals surface area contributed by atoms with E-state index in [2.05, 4.69) is 20.9 Å². The van der Waals surface area contributed by atoms with Crippen LogP contribution in [0.15, 0.2) is 38.3 Å². The van der Waals surface area contributed by atoms with Crippen LogP contribution in [0.2, 0.25) is 0 Å². The molecule has 0 aliphatic carbocycles. The Hall–Kier alpha value is -2.06. The van der Waals surface area contributed by atoms with Crippen molar-refractivity contribution in [3.63, 3.8) is 0 Å². The molecule has 118 valence electrons. The Morgan fingerprint density at radius 3 is 2.70 bits per heavy atom. The molecule has 0 saturated heterocycles. The highest BCUT2D eigenvalue weighted by Crippen LogP contribution is 2.35.